The van der Waals surface area contributed by atoms with Crippen LogP contribution < -0.4 is 10.1 Å². The van der Waals surface area contributed by atoms with Crippen LogP contribution in [0.5, 0.6) is 5.75 Å². The summed E-state index contributed by atoms with van der Waals surface area (Å²) < 4.78 is 11.9. The Hall–Kier alpha value is -1.60. The van der Waals surface area contributed by atoms with Crippen LogP contribution in [0, 0.1) is 0 Å². The van der Waals surface area contributed by atoms with Crippen LogP contribution >= 0.6 is 27.5 Å². The summed E-state index contributed by atoms with van der Waals surface area (Å²) >= 11 is 9.35. The van der Waals surface area contributed by atoms with Gasteiger partial charge >= 0.3 is 0 Å². The number of para-hydroxylation sites is 1. The molecule has 1 heterocycles. The van der Waals surface area contributed by atoms with Crippen LogP contribution in [-0.2, 0) is 16.1 Å². The highest BCUT2D eigenvalue weighted by atomic mass is 79.9. The van der Waals surface area contributed by atoms with E-state index in [1.807, 2.05) is 24.3 Å². The summed E-state index contributed by atoms with van der Waals surface area (Å²) in [6.07, 6.45) is -0.654. The molecule has 1 aliphatic rings. The second kappa shape index (κ2) is 9.55. The third-order valence-electron chi connectivity index (χ3n) is 4.34. The first kappa shape index (κ1) is 20.1. The van der Waals surface area contributed by atoms with Crippen molar-refractivity contribution >= 4 is 39.1 Å². The van der Waals surface area contributed by atoms with E-state index in [1.54, 1.807) is 25.1 Å². The molecular weight excluding hydrogens is 432 g/mol. The monoisotopic (exact) mass is 452 g/mol. The predicted octanol–water partition coefficient (Wildman–Crippen LogP) is 4.34. The number of anilines is 1. The maximum Gasteiger partial charge on any atom is 0.265 e. The summed E-state index contributed by atoms with van der Waals surface area (Å²) in [5, 5.41) is 3.59. The summed E-state index contributed by atoms with van der Waals surface area (Å²) in [7, 11) is 0. The number of nitrogens with one attached hydrogen (secondary N) is 1. The zero-order valence-corrected chi connectivity index (χ0v) is 17.4. The fourth-order valence-electron chi connectivity index (χ4n) is 2.83. The van der Waals surface area contributed by atoms with Crippen molar-refractivity contribution in [3.63, 3.8) is 0 Å². The van der Waals surface area contributed by atoms with Crippen molar-refractivity contribution in [3.05, 3.63) is 57.5 Å². The molecule has 2 aromatic carbocycles. The van der Waals surface area contributed by atoms with Gasteiger partial charge in [-0.2, -0.15) is 0 Å². The van der Waals surface area contributed by atoms with Gasteiger partial charge < -0.3 is 14.8 Å². The van der Waals surface area contributed by atoms with Crippen LogP contribution in [0.4, 0.5) is 5.69 Å². The highest BCUT2D eigenvalue weighted by Crippen LogP contribution is 2.29. The Balaban J connectivity index is 1.64. The summed E-state index contributed by atoms with van der Waals surface area (Å²) in [5.41, 5.74) is 1.88. The fourth-order valence-corrected chi connectivity index (χ4v) is 3.61. The van der Waals surface area contributed by atoms with E-state index in [-0.39, 0.29) is 5.91 Å². The number of hydrogen-bond acceptors (Lipinski definition) is 4. The molecule has 0 saturated carbocycles. The molecule has 1 unspecified atom stereocenters. The van der Waals surface area contributed by atoms with Crippen molar-refractivity contribution in [2.75, 3.05) is 31.6 Å². The van der Waals surface area contributed by atoms with Crippen LogP contribution in [-0.4, -0.2) is 43.2 Å². The second-order valence-corrected chi connectivity index (χ2v) is 7.66. The van der Waals surface area contributed by atoms with Crippen LogP contribution in [0.15, 0.2) is 46.9 Å². The first-order valence-electron chi connectivity index (χ1n) is 8.83. The summed E-state index contributed by atoms with van der Waals surface area (Å²) in [6, 6.07) is 13.0. The van der Waals surface area contributed by atoms with E-state index in [2.05, 4.69) is 26.1 Å². The molecule has 7 heteroatoms. The summed E-state index contributed by atoms with van der Waals surface area (Å²) in [5.74, 6) is 0.370. The number of rotatable bonds is 6. The molecule has 0 bridgehead atoms. The summed E-state index contributed by atoms with van der Waals surface area (Å²) in [4.78, 5) is 14.9. The Labute approximate surface area is 172 Å². The van der Waals surface area contributed by atoms with Crippen molar-refractivity contribution in [3.8, 4) is 5.75 Å². The van der Waals surface area contributed by atoms with Crippen LogP contribution in [0.3, 0.4) is 0 Å². The number of carbonyl (C=O) groups excluding carboxylic acids is 1. The number of carbonyl (C=O) groups is 1. The average Bonchev–Trinajstić information content (AvgIpc) is 2.66. The Bertz CT molecular complexity index is 797. The molecule has 1 N–H and O–H groups in total. The number of morpholine rings is 1. The predicted molar refractivity (Wildman–Crippen MR) is 110 cm³/mol. The Morgan fingerprint density at radius 1 is 1.30 bits per heavy atom. The minimum Gasteiger partial charge on any atom is -0.480 e. The van der Waals surface area contributed by atoms with Gasteiger partial charge in [0.25, 0.3) is 5.91 Å². The van der Waals surface area contributed by atoms with Crippen LogP contribution in [0.25, 0.3) is 0 Å². The van der Waals surface area contributed by atoms with Gasteiger partial charge in [-0.05, 0) is 52.7 Å². The van der Waals surface area contributed by atoms with E-state index < -0.39 is 6.10 Å². The maximum absolute atomic E-state index is 12.6. The molecule has 0 radical (unpaired) electrons. The molecule has 1 atom stereocenters. The maximum atomic E-state index is 12.6. The van der Waals surface area contributed by atoms with E-state index in [4.69, 9.17) is 21.1 Å². The molecule has 2 aromatic rings. The lowest BCUT2D eigenvalue weighted by atomic mass is 10.1. The van der Waals surface area contributed by atoms with E-state index in [0.717, 1.165) is 44.1 Å². The van der Waals surface area contributed by atoms with Gasteiger partial charge in [-0.3, -0.25) is 9.69 Å². The lowest BCUT2D eigenvalue weighted by Gasteiger charge is -2.27. The van der Waals surface area contributed by atoms with Crippen molar-refractivity contribution in [1.82, 2.24) is 4.90 Å². The molecule has 0 aromatic heterocycles. The standard InChI is InChI=1S/C20H22BrClN2O3/c1-14(27-19-7-6-16(22)12-17(19)21)20(25)23-18-5-3-2-4-15(18)13-24-8-10-26-11-9-24/h2-7,12,14H,8-11,13H2,1H3,(H,23,25). The lowest BCUT2D eigenvalue weighted by Crippen LogP contribution is -2.36. The van der Waals surface area contributed by atoms with Gasteiger partial charge in [0, 0.05) is 30.3 Å². The molecule has 0 spiro atoms. The molecule has 0 aliphatic carbocycles. The van der Waals surface area contributed by atoms with E-state index in [9.17, 15) is 4.79 Å². The van der Waals surface area contributed by atoms with Crippen molar-refractivity contribution in [1.29, 1.82) is 0 Å². The zero-order valence-electron chi connectivity index (χ0n) is 15.1. The number of ether oxygens (including phenoxy) is 2. The molecule has 3 rings (SSSR count). The van der Waals surface area contributed by atoms with Crippen molar-refractivity contribution in [2.45, 2.75) is 19.6 Å². The Morgan fingerprint density at radius 3 is 2.78 bits per heavy atom. The van der Waals surface area contributed by atoms with E-state index >= 15 is 0 Å². The van der Waals surface area contributed by atoms with Crippen LogP contribution in [0.1, 0.15) is 12.5 Å². The minimum absolute atomic E-state index is 0.203. The van der Waals surface area contributed by atoms with Gasteiger partial charge in [-0.25, -0.2) is 0 Å². The minimum atomic E-state index is -0.654. The Kier molecular flexibility index (Phi) is 7.13. The largest absolute Gasteiger partial charge is 0.480 e. The molecule has 5 nitrogen and oxygen atoms in total. The van der Waals surface area contributed by atoms with Crippen molar-refractivity contribution in [2.24, 2.45) is 0 Å². The smallest absolute Gasteiger partial charge is 0.265 e. The van der Waals surface area contributed by atoms with Gasteiger partial charge in [-0.1, -0.05) is 29.8 Å². The molecule has 1 aliphatic heterocycles. The molecule has 27 heavy (non-hydrogen) atoms. The highest BCUT2D eigenvalue weighted by molar-refractivity contribution is 9.10. The van der Waals surface area contributed by atoms with Crippen LogP contribution in [0.2, 0.25) is 5.02 Å². The quantitative estimate of drug-likeness (QED) is 0.707. The van der Waals surface area contributed by atoms with Gasteiger partial charge in [0.05, 0.1) is 17.7 Å². The first-order chi connectivity index (χ1) is 13.0. The van der Waals surface area contributed by atoms with Gasteiger partial charge in [0.1, 0.15) is 5.75 Å². The normalized spacial score (nSPS) is 16.0. The van der Waals surface area contributed by atoms with Gasteiger partial charge in [0.2, 0.25) is 0 Å². The molecule has 1 fully saturated rings. The summed E-state index contributed by atoms with van der Waals surface area (Å²) in [6.45, 7) is 5.78. The van der Waals surface area contributed by atoms with E-state index in [1.165, 1.54) is 0 Å². The van der Waals surface area contributed by atoms with E-state index in [0.29, 0.717) is 15.2 Å². The van der Waals surface area contributed by atoms with Gasteiger partial charge in [-0.15, -0.1) is 0 Å². The number of amides is 1. The molecule has 1 amide bonds. The number of nitrogens with zero attached hydrogens (tertiary/aromatic N) is 1. The average molecular weight is 454 g/mol. The third-order valence-corrected chi connectivity index (χ3v) is 5.19. The zero-order chi connectivity index (χ0) is 19.2. The molecular formula is C20H22BrClN2O3. The Morgan fingerprint density at radius 2 is 2.04 bits per heavy atom. The molecule has 1 saturated heterocycles. The SMILES string of the molecule is CC(Oc1ccc(Cl)cc1Br)C(=O)Nc1ccccc1CN1CCOCC1. The van der Waals surface area contributed by atoms with Crippen molar-refractivity contribution < 1.29 is 14.3 Å². The number of halogens is 2. The van der Waals surface area contributed by atoms with Gasteiger partial charge in [0.15, 0.2) is 6.10 Å². The number of benzene rings is 2. The topological polar surface area (TPSA) is 50.8 Å². The second-order valence-electron chi connectivity index (χ2n) is 6.37. The lowest BCUT2D eigenvalue weighted by molar-refractivity contribution is -0.122. The number of hydrogen-bond donors (Lipinski definition) is 1. The molecule has 144 valence electrons. The first-order valence-corrected chi connectivity index (χ1v) is 10.0. The highest BCUT2D eigenvalue weighted by Gasteiger charge is 2.19. The fraction of sp³-hybridized carbons (Fsp3) is 0.350. The third kappa shape index (κ3) is 5.69.